The van der Waals surface area contributed by atoms with Gasteiger partial charge in [-0.2, -0.15) is 0 Å². The van der Waals surface area contributed by atoms with Gasteiger partial charge in [0, 0.05) is 17.1 Å². The van der Waals surface area contributed by atoms with Gasteiger partial charge in [0.05, 0.1) is 18.4 Å². The van der Waals surface area contributed by atoms with Crippen molar-refractivity contribution in [2.24, 2.45) is 0 Å². The number of esters is 1. The second kappa shape index (κ2) is 8.92. The molecule has 0 radical (unpaired) electrons. The van der Waals surface area contributed by atoms with Crippen LogP contribution >= 0.6 is 0 Å². The highest BCUT2D eigenvalue weighted by atomic mass is 16.5. The lowest BCUT2D eigenvalue weighted by Gasteiger charge is -2.10. The fraction of sp³-hybridized carbons (Fsp3) is 0.190. The second-order valence-electron chi connectivity index (χ2n) is 6.34. The molecule has 0 saturated carbocycles. The third-order valence-corrected chi connectivity index (χ3v) is 4.26. The third kappa shape index (κ3) is 4.92. The number of furan rings is 1. The summed E-state index contributed by atoms with van der Waals surface area (Å²) in [7, 11) is 0. The van der Waals surface area contributed by atoms with Gasteiger partial charge < -0.3 is 19.0 Å². The first-order valence-electron chi connectivity index (χ1n) is 8.97. The molecule has 0 aliphatic carbocycles. The Morgan fingerprint density at radius 3 is 2.52 bits per heavy atom. The first kappa shape index (κ1) is 19.9. The number of aromatic nitrogens is 1. The molecular formula is C21H21N3O5. The number of imide groups is 1. The smallest absolute Gasteiger partial charge is 0.340 e. The summed E-state index contributed by atoms with van der Waals surface area (Å²) >= 11 is 0. The average molecular weight is 395 g/mol. The number of ether oxygens (including phenoxy) is 1. The minimum Gasteiger partial charge on any atom is -0.467 e. The average Bonchev–Trinajstić information content (AvgIpc) is 3.33. The van der Waals surface area contributed by atoms with Crippen LogP contribution in [-0.2, 0) is 16.1 Å². The zero-order valence-corrected chi connectivity index (χ0v) is 16.1. The summed E-state index contributed by atoms with van der Waals surface area (Å²) in [5, 5.41) is 4.56. The zero-order chi connectivity index (χ0) is 20.8. The first-order chi connectivity index (χ1) is 14.0. The quantitative estimate of drug-likeness (QED) is 0.625. The Kier molecular flexibility index (Phi) is 6.13. The molecule has 0 spiro atoms. The number of nitrogens with zero attached hydrogens (tertiary/aromatic N) is 1. The fourth-order valence-corrected chi connectivity index (χ4v) is 2.94. The van der Waals surface area contributed by atoms with E-state index in [-0.39, 0.29) is 6.54 Å². The zero-order valence-electron chi connectivity index (χ0n) is 16.1. The highest BCUT2D eigenvalue weighted by Crippen LogP contribution is 2.21. The molecule has 0 aliphatic rings. The van der Waals surface area contributed by atoms with E-state index in [2.05, 4.69) is 10.6 Å². The lowest BCUT2D eigenvalue weighted by atomic mass is 10.2. The normalized spacial score (nSPS) is 10.4. The largest absolute Gasteiger partial charge is 0.467 e. The number of nitrogens with one attached hydrogen (secondary N) is 2. The van der Waals surface area contributed by atoms with Crippen LogP contribution in [0.2, 0.25) is 0 Å². The van der Waals surface area contributed by atoms with Gasteiger partial charge in [-0.05, 0) is 44.2 Å². The van der Waals surface area contributed by atoms with Gasteiger partial charge in [-0.3, -0.25) is 10.1 Å². The number of amides is 3. The van der Waals surface area contributed by atoms with Crippen molar-refractivity contribution in [2.75, 3.05) is 6.61 Å². The van der Waals surface area contributed by atoms with E-state index in [4.69, 9.17) is 9.15 Å². The molecule has 8 heteroatoms. The van der Waals surface area contributed by atoms with Crippen LogP contribution in [0.15, 0.2) is 59.2 Å². The van der Waals surface area contributed by atoms with E-state index in [0.717, 1.165) is 11.4 Å². The lowest BCUT2D eigenvalue weighted by molar-refractivity contribution is -0.123. The Hall–Kier alpha value is -3.81. The van der Waals surface area contributed by atoms with E-state index >= 15 is 0 Å². The Morgan fingerprint density at radius 1 is 1.07 bits per heavy atom. The predicted molar refractivity (Wildman–Crippen MR) is 105 cm³/mol. The maximum atomic E-state index is 12.4. The van der Waals surface area contributed by atoms with Crippen molar-refractivity contribution in [1.29, 1.82) is 0 Å². The number of benzene rings is 1. The molecule has 3 amide bonds. The molecule has 2 heterocycles. The van der Waals surface area contributed by atoms with Crippen molar-refractivity contribution in [1.82, 2.24) is 15.2 Å². The first-order valence-corrected chi connectivity index (χ1v) is 8.97. The monoisotopic (exact) mass is 395 g/mol. The Balaban J connectivity index is 1.54. The fourth-order valence-electron chi connectivity index (χ4n) is 2.94. The molecule has 150 valence electrons. The van der Waals surface area contributed by atoms with Crippen molar-refractivity contribution in [2.45, 2.75) is 20.4 Å². The number of hydrogen-bond acceptors (Lipinski definition) is 5. The van der Waals surface area contributed by atoms with E-state index in [1.54, 1.807) is 25.1 Å². The van der Waals surface area contributed by atoms with Gasteiger partial charge in [-0.1, -0.05) is 18.2 Å². The molecule has 2 aromatic heterocycles. The van der Waals surface area contributed by atoms with Crippen LogP contribution in [0, 0.1) is 13.8 Å². The van der Waals surface area contributed by atoms with Gasteiger partial charge in [-0.25, -0.2) is 9.59 Å². The van der Waals surface area contributed by atoms with Gasteiger partial charge in [0.15, 0.2) is 6.61 Å². The van der Waals surface area contributed by atoms with E-state index in [0.29, 0.717) is 17.0 Å². The predicted octanol–water partition coefficient (Wildman–Crippen LogP) is 2.87. The summed E-state index contributed by atoms with van der Waals surface area (Å²) in [6, 6.07) is 14.0. The van der Waals surface area contributed by atoms with Crippen molar-refractivity contribution >= 4 is 17.9 Å². The summed E-state index contributed by atoms with van der Waals surface area (Å²) < 4.78 is 12.1. The molecule has 29 heavy (non-hydrogen) atoms. The van der Waals surface area contributed by atoms with Gasteiger partial charge in [-0.15, -0.1) is 0 Å². The minimum atomic E-state index is -0.729. The van der Waals surface area contributed by atoms with Crippen LogP contribution in [0.5, 0.6) is 0 Å². The number of hydrogen-bond donors (Lipinski definition) is 2. The minimum absolute atomic E-state index is 0.136. The van der Waals surface area contributed by atoms with Crippen LogP contribution in [0.1, 0.15) is 27.5 Å². The molecule has 0 fully saturated rings. The maximum Gasteiger partial charge on any atom is 0.340 e. The van der Waals surface area contributed by atoms with Crippen molar-refractivity contribution in [3.63, 3.8) is 0 Å². The maximum absolute atomic E-state index is 12.4. The van der Waals surface area contributed by atoms with Crippen molar-refractivity contribution < 1.29 is 23.5 Å². The van der Waals surface area contributed by atoms with Gasteiger partial charge in [0.1, 0.15) is 5.76 Å². The van der Waals surface area contributed by atoms with E-state index in [9.17, 15) is 14.4 Å². The van der Waals surface area contributed by atoms with Crippen LogP contribution in [0.4, 0.5) is 4.79 Å². The molecule has 0 atom stereocenters. The van der Waals surface area contributed by atoms with Gasteiger partial charge in [0.2, 0.25) is 0 Å². The molecule has 8 nitrogen and oxygen atoms in total. The number of rotatable bonds is 6. The summed E-state index contributed by atoms with van der Waals surface area (Å²) in [6.45, 7) is 3.25. The second-order valence-corrected chi connectivity index (χ2v) is 6.34. The van der Waals surface area contributed by atoms with Crippen LogP contribution in [0.25, 0.3) is 5.69 Å². The number of aryl methyl sites for hydroxylation is 1. The molecular weight excluding hydrogens is 374 g/mol. The number of urea groups is 1. The Labute approximate surface area is 167 Å². The van der Waals surface area contributed by atoms with Crippen molar-refractivity contribution in [3.8, 4) is 5.69 Å². The van der Waals surface area contributed by atoms with Crippen LogP contribution < -0.4 is 10.6 Å². The number of para-hydroxylation sites is 1. The molecule has 2 N–H and O–H groups in total. The molecule has 3 aromatic rings. The number of carbonyl (C=O) groups is 3. The molecule has 0 unspecified atom stereocenters. The van der Waals surface area contributed by atoms with Crippen LogP contribution in [0.3, 0.4) is 0 Å². The number of carbonyl (C=O) groups excluding carboxylic acids is 3. The standard InChI is InChI=1S/C21H21N3O5/c1-14-11-18(15(2)24(14)16-7-4-3-5-8-16)20(26)29-13-19(25)23-21(27)22-12-17-9-6-10-28-17/h3-11H,12-13H2,1-2H3,(H2,22,23,25,27). The Morgan fingerprint density at radius 2 is 1.83 bits per heavy atom. The van der Waals surface area contributed by atoms with Gasteiger partial charge >= 0.3 is 12.0 Å². The molecule has 0 aliphatic heterocycles. The summed E-state index contributed by atoms with van der Waals surface area (Å²) in [5.74, 6) is -0.814. The van der Waals surface area contributed by atoms with E-state index in [1.807, 2.05) is 41.8 Å². The van der Waals surface area contributed by atoms with Crippen molar-refractivity contribution in [3.05, 3.63) is 77.5 Å². The van der Waals surface area contributed by atoms with Crippen LogP contribution in [-0.4, -0.2) is 29.1 Å². The molecule has 0 bridgehead atoms. The highest BCUT2D eigenvalue weighted by molar-refractivity contribution is 5.97. The summed E-state index contributed by atoms with van der Waals surface area (Å²) in [5.41, 5.74) is 2.85. The third-order valence-electron chi connectivity index (χ3n) is 4.26. The van der Waals surface area contributed by atoms with E-state index < -0.39 is 24.5 Å². The SMILES string of the molecule is Cc1cc(C(=O)OCC(=O)NC(=O)NCc2ccco2)c(C)n1-c1ccccc1. The molecule has 1 aromatic carbocycles. The lowest BCUT2D eigenvalue weighted by Crippen LogP contribution is -2.41. The topological polar surface area (TPSA) is 103 Å². The van der Waals surface area contributed by atoms with Gasteiger partial charge in [0.25, 0.3) is 5.91 Å². The highest BCUT2D eigenvalue weighted by Gasteiger charge is 2.19. The Bertz CT molecular complexity index is 1010. The summed E-state index contributed by atoms with van der Waals surface area (Å²) in [6.07, 6.45) is 1.48. The molecule has 0 saturated heterocycles. The molecule has 3 rings (SSSR count). The summed E-state index contributed by atoms with van der Waals surface area (Å²) in [4.78, 5) is 36.0. The van der Waals surface area contributed by atoms with E-state index in [1.165, 1.54) is 6.26 Å².